The minimum Gasteiger partial charge on any atom is -0.477 e. The van der Waals surface area contributed by atoms with Crippen molar-refractivity contribution in [2.45, 2.75) is 32.4 Å². The van der Waals surface area contributed by atoms with Crippen LogP contribution >= 0.6 is 0 Å². The fourth-order valence-corrected chi connectivity index (χ4v) is 3.01. The van der Waals surface area contributed by atoms with E-state index < -0.39 is 5.91 Å². The molecule has 3 rings (SSSR count). The number of rotatable bonds is 7. The van der Waals surface area contributed by atoms with Gasteiger partial charge in [0.05, 0.1) is 6.54 Å². The summed E-state index contributed by atoms with van der Waals surface area (Å²) >= 11 is 0. The zero-order chi connectivity index (χ0) is 19.1. The number of amides is 1. The van der Waals surface area contributed by atoms with Gasteiger partial charge in [0, 0.05) is 12.6 Å². The zero-order valence-electron chi connectivity index (χ0n) is 15.1. The Hall–Kier alpha value is -2.67. The number of carbonyl (C=O) groups excluding carboxylic acids is 1. The molecule has 0 radical (unpaired) electrons. The smallest absolute Gasteiger partial charge is 0.258 e. The molecule has 2 heterocycles. The van der Waals surface area contributed by atoms with Gasteiger partial charge in [0.15, 0.2) is 6.61 Å². The molecule has 1 aliphatic heterocycles. The predicted octanol–water partition coefficient (Wildman–Crippen LogP) is 2.46. The molecule has 2 aromatic rings. The maximum absolute atomic E-state index is 13.1. The number of likely N-dealkylation sites (tertiary alicyclic amines) is 1. The van der Waals surface area contributed by atoms with Gasteiger partial charge in [0.1, 0.15) is 17.8 Å². The molecule has 0 atom stereocenters. The van der Waals surface area contributed by atoms with E-state index in [9.17, 15) is 14.0 Å². The molecule has 0 spiro atoms. The summed E-state index contributed by atoms with van der Waals surface area (Å²) in [5.74, 6) is -0.181. The highest BCUT2D eigenvalue weighted by molar-refractivity contribution is 5.77. The second kappa shape index (κ2) is 9.32. The first-order valence-corrected chi connectivity index (χ1v) is 9.08. The van der Waals surface area contributed by atoms with Crippen molar-refractivity contribution in [1.82, 2.24) is 10.2 Å². The molecule has 0 saturated carbocycles. The van der Waals surface area contributed by atoms with Crippen molar-refractivity contribution in [3.63, 3.8) is 0 Å². The normalized spacial score (nSPS) is 14.7. The van der Waals surface area contributed by atoms with Crippen LogP contribution in [0.15, 0.2) is 45.8 Å². The van der Waals surface area contributed by atoms with E-state index in [1.165, 1.54) is 30.9 Å². The first kappa shape index (κ1) is 19.1. The van der Waals surface area contributed by atoms with Crippen molar-refractivity contribution in [3.05, 3.63) is 64.0 Å². The number of ether oxygens (including phenoxy) is 1. The van der Waals surface area contributed by atoms with Crippen LogP contribution in [0.2, 0.25) is 0 Å². The van der Waals surface area contributed by atoms with E-state index in [1.54, 1.807) is 12.1 Å². The molecule has 27 heavy (non-hydrogen) atoms. The van der Waals surface area contributed by atoms with Crippen molar-refractivity contribution in [2.24, 2.45) is 0 Å². The van der Waals surface area contributed by atoms with Crippen LogP contribution in [0.25, 0.3) is 0 Å². The molecule has 0 bridgehead atoms. The maximum Gasteiger partial charge on any atom is 0.258 e. The number of nitrogens with one attached hydrogen (secondary N) is 1. The lowest BCUT2D eigenvalue weighted by molar-refractivity contribution is -0.123. The van der Waals surface area contributed by atoms with Gasteiger partial charge in [-0.05, 0) is 43.6 Å². The lowest BCUT2D eigenvalue weighted by atomic mass is 10.1. The Labute approximate surface area is 156 Å². The Bertz CT molecular complexity index is 831. The Balaban J connectivity index is 1.47. The highest BCUT2D eigenvalue weighted by atomic mass is 19.1. The van der Waals surface area contributed by atoms with Crippen LogP contribution in [0.4, 0.5) is 4.39 Å². The number of nitrogens with zero attached hydrogens (tertiary/aromatic N) is 1. The van der Waals surface area contributed by atoms with Gasteiger partial charge in [-0.2, -0.15) is 0 Å². The van der Waals surface area contributed by atoms with E-state index in [0.29, 0.717) is 17.9 Å². The molecular formula is C20H23FN2O4. The monoisotopic (exact) mass is 374 g/mol. The zero-order valence-corrected chi connectivity index (χ0v) is 15.1. The van der Waals surface area contributed by atoms with Crippen LogP contribution in [0.1, 0.15) is 30.6 Å². The highest BCUT2D eigenvalue weighted by Crippen LogP contribution is 2.13. The third-order valence-electron chi connectivity index (χ3n) is 4.42. The Morgan fingerprint density at radius 2 is 2.04 bits per heavy atom. The number of piperidine rings is 1. The molecule has 7 heteroatoms. The molecule has 1 saturated heterocycles. The molecule has 1 N–H and O–H groups in total. The number of halogens is 1. The number of benzene rings is 1. The fourth-order valence-electron chi connectivity index (χ4n) is 3.01. The third-order valence-corrected chi connectivity index (χ3v) is 4.42. The van der Waals surface area contributed by atoms with Gasteiger partial charge >= 0.3 is 0 Å². The molecule has 0 unspecified atom stereocenters. The van der Waals surface area contributed by atoms with Crippen molar-refractivity contribution in [2.75, 3.05) is 19.7 Å². The molecule has 6 nitrogen and oxygen atoms in total. The van der Waals surface area contributed by atoms with Crippen LogP contribution in [0.5, 0.6) is 5.75 Å². The molecule has 144 valence electrons. The Morgan fingerprint density at radius 1 is 1.22 bits per heavy atom. The van der Waals surface area contributed by atoms with E-state index in [4.69, 9.17) is 9.15 Å². The first-order chi connectivity index (χ1) is 13.1. The summed E-state index contributed by atoms with van der Waals surface area (Å²) in [6.07, 6.45) is 4.82. The van der Waals surface area contributed by atoms with Gasteiger partial charge in [0.25, 0.3) is 5.91 Å². The van der Waals surface area contributed by atoms with Crippen molar-refractivity contribution >= 4 is 5.91 Å². The minimum absolute atomic E-state index is 0.00157. The van der Waals surface area contributed by atoms with E-state index in [1.807, 2.05) is 0 Å². The molecule has 1 aliphatic rings. The summed E-state index contributed by atoms with van der Waals surface area (Å²) in [6.45, 7) is 2.49. The second-order valence-electron chi connectivity index (χ2n) is 6.61. The van der Waals surface area contributed by atoms with Crippen molar-refractivity contribution in [3.8, 4) is 5.75 Å². The standard InChI is InChI=1S/C20H23FN2O4/c21-16-6-4-5-15(9-16)11-22-20(25)14-27-19-13-26-17(10-18(19)24)12-23-7-2-1-3-8-23/h4-6,9-10,13H,1-3,7-8,11-12,14H2,(H,22,25). The molecule has 1 fully saturated rings. The lowest BCUT2D eigenvalue weighted by Gasteiger charge is -2.25. The van der Waals surface area contributed by atoms with Gasteiger partial charge in [-0.1, -0.05) is 18.6 Å². The first-order valence-electron chi connectivity index (χ1n) is 9.08. The van der Waals surface area contributed by atoms with Crippen LogP contribution in [-0.2, 0) is 17.9 Å². The Kier molecular flexibility index (Phi) is 6.59. The van der Waals surface area contributed by atoms with Crippen molar-refractivity contribution < 1.29 is 18.3 Å². The molecule has 1 aromatic heterocycles. The molecule has 1 amide bonds. The van der Waals surface area contributed by atoms with Gasteiger partial charge in [-0.15, -0.1) is 0 Å². The summed E-state index contributed by atoms with van der Waals surface area (Å²) in [6, 6.07) is 7.37. The summed E-state index contributed by atoms with van der Waals surface area (Å²) in [5.41, 5.74) is 0.330. The number of hydrogen-bond donors (Lipinski definition) is 1. The summed E-state index contributed by atoms with van der Waals surface area (Å²) < 4.78 is 23.8. The number of carbonyl (C=O) groups is 1. The predicted molar refractivity (Wildman–Crippen MR) is 97.8 cm³/mol. The summed E-state index contributed by atoms with van der Waals surface area (Å²) in [5, 5.41) is 2.61. The van der Waals surface area contributed by atoms with E-state index >= 15 is 0 Å². The van der Waals surface area contributed by atoms with E-state index in [0.717, 1.165) is 25.9 Å². The van der Waals surface area contributed by atoms with Crippen LogP contribution in [-0.4, -0.2) is 30.5 Å². The minimum atomic E-state index is -0.406. The van der Waals surface area contributed by atoms with Crippen LogP contribution in [0, 0.1) is 5.82 Å². The fraction of sp³-hybridized carbons (Fsp3) is 0.400. The number of hydrogen-bond acceptors (Lipinski definition) is 5. The molecular weight excluding hydrogens is 351 g/mol. The summed E-state index contributed by atoms with van der Waals surface area (Å²) in [7, 11) is 0. The van der Waals surface area contributed by atoms with Gasteiger partial charge in [-0.3, -0.25) is 14.5 Å². The summed E-state index contributed by atoms with van der Waals surface area (Å²) in [4.78, 5) is 26.2. The van der Waals surface area contributed by atoms with Crippen LogP contribution in [0.3, 0.4) is 0 Å². The van der Waals surface area contributed by atoms with Crippen molar-refractivity contribution in [1.29, 1.82) is 0 Å². The molecule has 1 aromatic carbocycles. The van der Waals surface area contributed by atoms with Crippen LogP contribution < -0.4 is 15.5 Å². The average molecular weight is 374 g/mol. The van der Waals surface area contributed by atoms with Gasteiger partial charge < -0.3 is 14.5 Å². The molecule has 0 aliphatic carbocycles. The highest BCUT2D eigenvalue weighted by Gasteiger charge is 2.13. The Morgan fingerprint density at radius 3 is 2.78 bits per heavy atom. The largest absolute Gasteiger partial charge is 0.477 e. The topological polar surface area (TPSA) is 71.8 Å². The lowest BCUT2D eigenvalue weighted by Crippen LogP contribution is -2.30. The van der Waals surface area contributed by atoms with E-state index in [2.05, 4.69) is 10.2 Å². The SMILES string of the molecule is O=C(COc1coc(CN2CCCCC2)cc1=O)NCc1cccc(F)c1. The maximum atomic E-state index is 13.1. The average Bonchev–Trinajstić information content (AvgIpc) is 2.67. The quantitative estimate of drug-likeness (QED) is 0.806. The second-order valence-corrected chi connectivity index (χ2v) is 6.61. The van der Waals surface area contributed by atoms with Gasteiger partial charge in [-0.25, -0.2) is 4.39 Å². The van der Waals surface area contributed by atoms with Gasteiger partial charge in [0.2, 0.25) is 11.2 Å². The van der Waals surface area contributed by atoms with E-state index in [-0.39, 0.29) is 30.1 Å². The third kappa shape index (κ3) is 5.92.